The molecular formula is C14H19N3O. The largest absolute Gasteiger partial charge is 0.458 e. The van der Waals surface area contributed by atoms with E-state index in [0.717, 1.165) is 42.4 Å². The van der Waals surface area contributed by atoms with Gasteiger partial charge in [0, 0.05) is 18.3 Å². The number of nitrogens with zero attached hydrogens (tertiary/aromatic N) is 2. The van der Waals surface area contributed by atoms with Gasteiger partial charge in [-0.05, 0) is 31.9 Å². The van der Waals surface area contributed by atoms with Crippen LogP contribution in [-0.2, 0) is 6.42 Å². The summed E-state index contributed by atoms with van der Waals surface area (Å²) in [5.41, 5.74) is 1.02. The van der Waals surface area contributed by atoms with Gasteiger partial charge in [0.1, 0.15) is 11.6 Å². The minimum absolute atomic E-state index is 0.654. The lowest BCUT2D eigenvalue weighted by Crippen LogP contribution is -2.05. The van der Waals surface area contributed by atoms with Crippen LogP contribution in [0.15, 0.2) is 22.6 Å². The van der Waals surface area contributed by atoms with Crippen molar-refractivity contribution in [1.29, 1.82) is 0 Å². The Morgan fingerprint density at radius 3 is 2.67 bits per heavy atom. The monoisotopic (exact) mass is 245 g/mol. The SMILES string of the molecule is CCCNc1cc(CC)nc(-c2ccc(C)o2)n1. The van der Waals surface area contributed by atoms with Gasteiger partial charge >= 0.3 is 0 Å². The van der Waals surface area contributed by atoms with Crippen molar-refractivity contribution in [3.8, 4) is 11.6 Å². The van der Waals surface area contributed by atoms with Crippen LogP contribution in [0, 0.1) is 6.92 Å². The summed E-state index contributed by atoms with van der Waals surface area (Å²) in [5.74, 6) is 3.12. The number of anilines is 1. The Morgan fingerprint density at radius 2 is 2.06 bits per heavy atom. The Bertz CT molecular complexity index is 520. The molecule has 0 aromatic carbocycles. The van der Waals surface area contributed by atoms with Gasteiger partial charge in [0.25, 0.3) is 0 Å². The summed E-state index contributed by atoms with van der Waals surface area (Å²) in [4.78, 5) is 8.99. The van der Waals surface area contributed by atoms with Crippen LogP contribution in [0.25, 0.3) is 11.6 Å². The van der Waals surface area contributed by atoms with E-state index in [-0.39, 0.29) is 0 Å². The molecular weight excluding hydrogens is 226 g/mol. The van der Waals surface area contributed by atoms with E-state index in [0.29, 0.717) is 5.82 Å². The number of hydrogen-bond donors (Lipinski definition) is 1. The average Bonchev–Trinajstić information content (AvgIpc) is 2.82. The molecule has 0 bridgehead atoms. The molecule has 0 aliphatic carbocycles. The molecule has 2 heterocycles. The molecule has 1 N–H and O–H groups in total. The van der Waals surface area contributed by atoms with Gasteiger partial charge in [0.15, 0.2) is 11.6 Å². The smallest absolute Gasteiger partial charge is 0.197 e. The maximum Gasteiger partial charge on any atom is 0.197 e. The van der Waals surface area contributed by atoms with Crippen LogP contribution in [0.3, 0.4) is 0 Å². The molecule has 2 aromatic heterocycles. The van der Waals surface area contributed by atoms with E-state index in [1.807, 2.05) is 25.1 Å². The lowest BCUT2D eigenvalue weighted by Gasteiger charge is -2.07. The van der Waals surface area contributed by atoms with Crippen molar-refractivity contribution < 1.29 is 4.42 Å². The van der Waals surface area contributed by atoms with Crippen LogP contribution >= 0.6 is 0 Å². The van der Waals surface area contributed by atoms with E-state index in [9.17, 15) is 0 Å². The van der Waals surface area contributed by atoms with E-state index in [2.05, 4.69) is 29.1 Å². The highest BCUT2D eigenvalue weighted by atomic mass is 16.3. The zero-order valence-electron chi connectivity index (χ0n) is 11.2. The van der Waals surface area contributed by atoms with Crippen molar-refractivity contribution in [2.24, 2.45) is 0 Å². The third-order valence-corrected chi connectivity index (χ3v) is 2.66. The summed E-state index contributed by atoms with van der Waals surface area (Å²) in [6.45, 7) is 7.05. The fourth-order valence-electron chi connectivity index (χ4n) is 1.69. The molecule has 0 amide bonds. The second kappa shape index (κ2) is 5.67. The zero-order chi connectivity index (χ0) is 13.0. The molecule has 0 spiro atoms. The highest BCUT2D eigenvalue weighted by Crippen LogP contribution is 2.20. The number of aromatic nitrogens is 2. The minimum atomic E-state index is 0.654. The molecule has 2 rings (SSSR count). The van der Waals surface area contributed by atoms with E-state index >= 15 is 0 Å². The molecule has 4 nitrogen and oxygen atoms in total. The van der Waals surface area contributed by atoms with Crippen molar-refractivity contribution >= 4 is 5.82 Å². The highest BCUT2D eigenvalue weighted by molar-refractivity contribution is 5.51. The lowest BCUT2D eigenvalue weighted by molar-refractivity contribution is 0.544. The summed E-state index contributed by atoms with van der Waals surface area (Å²) in [6, 6.07) is 5.83. The quantitative estimate of drug-likeness (QED) is 0.876. The molecule has 0 fully saturated rings. The Labute approximate surface area is 107 Å². The summed E-state index contributed by atoms with van der Waals surface area (Å²) < 4.78 is 5.58. The molecule has 0 saturated carbocycles. The Hall–Kier alpha value is -1.84. The molecule has 2 aromatic rings. The zero-order valence-corrected chi connectivity index (χ0v) is 11.2. The van der Waals surface area contributed by atoms with Crippen molar-refractivity contribution in [2.75, 3.05) is 11.9 Å². The second-order valence-electron chi connectivity index (χ2n) is 4.26. The fourth-order valence-corrected chi connectivity index (χ4v) is 1.69. The van der Waals surface area contributed by atoms with E-state index in [4.69, 9.17) is 4.42 Å². The minimum Gasteiger partial charge on any atom is -0.458 e. The van der Waals surface area contributed by atoms with E-state index < -0.39 is 0 Å². The fraction of sp³-hybridized carbons (Fsp3) is 0.429. The lowest BCUT2D eigenvalue weighted by atomic mass is 10.3. The third kappa shape index (κ3) is 2.88. The first-order valence-corrected chi connectivity index (χ1v) is 6.41. The number of hydrogen-bond acceptors (Lipinski definition) is 4. The first-order valence-electron chi connectivity index (χ1n) is 6.41. The van der Waals surface area contributed by atoms with Gasteiger partial charge in [-0.15, -0.1) is 0 Å². The van der Waals surface area contributed by atoms with E-state index in [1.165, 1.54) is 0 Å². The van der Waals surface area contributed by atoms with Gasteiger partial charge in [0.05, 0.1) is 0 Å². The molecule has 18 heavy (non-hydrogen) atoms. The van der Waals surface area contributed by atoms with Crippen molar-refractivity contribution in [3.63, 3.8) is 0 Å². The Morgan fingerprint density at radius 1 is 1.22 bits per heavy atom. The van der Waals surface area contributed by atoms with Gasteiger partial charge in [0.2, 0.25) is 0 Å². The Kier molecular flexibility index (Phi) is 3.97. The van der Waals surface area contributed by atoms with Crippen molar-refractivity contribution in [2.45, 2.75) is 33.6 Å². The topological polar surface area (TPSA) is 51.0 Å². The molecule has 0 unspecified atom stereocenters. The summed E-state index contributed by atoms with van der Waals surface area (Å²) >= 11 is 0. The van der Waals surface area contributed by atoms with Gasteiger partial charge in [-0.3, -0.25) is 0 Å². The van der Waals surface area contributed by atoms with Gasteiger partial charge in [-0.25, -0.2) is 9.97 Å². The molecule has 4 heteroatoms. The van der Waals surface area contributed by atoms with Crippen LogP contribution in [-0.4, -0.2) is 16.5 Å². The predicted octanol–water partition coefficient (Wildman–Crippen LogP) is 3.43. The number of furan rings is 1. The average molecular weight is 245 g/mol. The number of aryl methyl sites for hydroxylation is 2. The Balaban J connectivity index is 2.34. The molecule has 0 saturated heterocycles. The molecule has 0 aliphatic heterocycles. The number of nitrogens with one attached hydrogen (secondary N) is 1. The summed E-state index contributed by atoms with van der Waals surface area (Å²) in [5, 5.41) is 3.29. The van der Waals surface area contributed by atoms with Crippen molar-refractivity contribution in [3.05, 3.63) is 29.7 Å². The highest BCUT2D eigenvalue weighted by Gasteiger charge is 2.09. The molecule has 96 valence electrons. The van der Waals surface area contributed by atoms with Crippen LogP contribution in [0.5, 0.6) is 0 Å². The van der Waals surface area contributed by atoms with Crippen LogP contribution in [0.1, 0.15) is 31.7 Å². The van der Waals surface area contributed by atoms with Crippen LogP contribution in [0.2, 0.25) is 0 Å². The predicted molar refractivity (Wildman–Crippen MR) is 72.6 cm³/mol. The summed E-state index contributed by atoms with van der Waals surface area (Å²) in [7, 11) is 0. The summed E-state index contributed by atoms with van der Waals surface area (Å²) in [6.07, 6.45) is 1.96. The molecule has 0 aliphatic rings. The van der Waals surface area contributed by atoms with Gasteiger partial charge in [-0.2, -0.15) is 0 Å². The normalized spacial score (nSPS) is 10.6. The van der Waals surface area contributed by atoms with Crippen LogP contribution < -0.4 is 5.32 Å². The first kappa shape index (κ1) is 12.6. The second-order valence-corrected chi connectivity index (χ2v) is 4.26. The van der Waals surface area contributed by atoms with Gasteiger partial charge in [-0.1, -0.05) is 13.8 Å². The number of rotatable bonds is 5. The first-order chi connectivity index (χ1) is 8.72. The maximum absolute atomic E-state index is 5.58. The van der Waals surface area contributed by atoms with E-state index in [1.54, 1.807) is 0 Å². The maximum atomic E-state index is 5.58. The van der Waals surface area contributed by atoms with Crippen molar-refractivity contribution in [1.82, 2.24) is 9.97 Å². The van der Waals surface area contributed by atoms with Crippen LogP contribution in [0.4, 0.5) is 5.82 Å². The van der Waals surface area contributed by atoms with Gasteiger partial charge < -0.3 is 9.73 Å². The third-order valence-electron chi connectivity index (χ3n) is 2.66. The standard InChI is InChI=1S/C14H19N3O/c1-4-8-15-13-9-11(5-2)16-14(17-13)12-7-6-10(3)18-12/h6-7,9H,4-5,8H2,1-3H3,(H,15,16,17). The molecule has 0 atom stereocenters. The molecule has 0 radical (unpaired) electrons.